The van der Waals surface area contributed by atoms with Crippen LogP contribution in [0.3, 0.4) is 0 Å². The Morgan fingerprint density at radius 1 is 1.50 bits per heavy atom. The molecule has 1 aromatic rings. The minimum Gasteiger partial charge on any atom is -0.277 e. The van der Waals surface area contributed by atoms with Crippen LogP contribution in [0, 0.1) is 6.92 Å². The van der Waals surface area contributed by atoms with Gasteiger partial charge in [-0.05, 0) is 6.92 Å². The van der Waals surface area contributed by atoms with E-state index < -0.39 is 17.8 Å². The van der Waals surface area contributed by atoms with E-state index in [1.165, 1.54) is 11.3 Å². The number of urea groups is 1. The predicted octanol–water partition coefficient (Wildman–Crippen LogP) is 0.420. The highest BCUT2D eigenvalue weighted by atomic mass is 32.1. The molecule has 2 rings (SSSR count). The van der Waals surface area contributed by atoms with Crippen molar-refractivity contribution in [1.82, 2.24) is 15.2 Å². The summed E-state index contributed by atoms with van der Waals surface area (Å²) in [5.41, 5.74) is 0.848. The Labute approximate surface area is 95.3 Å². The molecule has 1 aromatic heterocycles. The fourth-order valence-corrected chi connectivity index (χ4v) is 2.11. The van der Waals surface area contributed by atoms with Crippen LogP contribution in [0.1, 0.15) is 17.1 Å². The van der Waals surface area contributed by atoms with Crippen LogP contribution in [0.2, 0.25) is 0 Å². The number of carbonyl (C=O) groups excluding carboxylic acids is 3. The quantitative estimate of drug-likeness (QED) is 0.758. The van der Waals surface area contributed by atoms with Crippen molar-refractivity contribution < 1.29 is 14.4 Å². The number of nitrogens with one attached hydrogen (secondary N) is 1. The molecule has 0 spiro atoms. The molecule has 4 amide bonds. The molecule has 0 unspecified atom stereocenters. The van der Waals surface area contributed by atoms with Gasteiger partial charge in [0.25, 0.3) is 0 Å². The van der Waals surface area contributed by atoms with Gasteiger partial charge in [-0.25, -0.2) is 9.78 Å². The van der Waals surface area contributed by atoms with E-state index in [2.05, 4.69) is 10.3 Å². The molecule has 1 saturated heterocycles. The molecule has 0 atom stereocenters. The monoisotopic (exact) mass is 239 g/mol. The third-order valence-electron chi connectivity index (χ3n) is 2.06. The highest BCUT2D eigenvalue weighted by Crippen LogP contribution is 2.14. The molecule has 0 aliphatic carbocycles. The maximum absolute atomic E-state index is 11.4. The smallest absolute Gasteiger partial charge is 0.277 e. The first-order chi connectivity index (χ1) is 7.56. The third kappa shape index (κ3) is 2.08. The maximum Gasteiger partial charge on any atom is 0.331 e. The van der Waals surface area contributed by atoms with Crippen molar-refractivity contribution in [3.05, 3.63) is 16.1 Å². The summed E-state index contributed by atoms with van der Waals surface area (Å²) in [6, 6.07) is -0.672. The summed E-state index contributed by atoms with van der Waals surface area (Å²) in [4.78, 5) is 38.9. The van der Waals surface area contributed by atoms with Crippen LogP contribution in [0.25, 0.3) is 0 Å². The van der Waals surface area contributed by atoms with Gasteiger partial charge in [-0.2, -0.15) is 0 Å². The molecule has 0 radical (unpaired) electrons. The van der Waals surface area contributed by atoms with Crippen LogP contribution in [-0.2, 0) is 16.1 Å². The summed E-state index contributed by atoms with van der Waals surface area (Å²) in [6.45, 7) is 1.96. The standard InChI is InChI=1S/C9H9N3O3S/c1-5-4-16-7(10-5)3-12-8(14)2-6(13)11-9(12)15/h4H,2-3H2,1H3,(H,11,13,15). The van der Waals surface area contributed by atoms with Crippen molar-refractivity contribution in [2.45, 2.75) is 19.9 Å². The second-order valence-electron chi connectivity index (χ2n) is 3.39. The summed E-state index contributed by atoms with van der Waals surface area (Å²) in [5.74, 6) is -1.04. The summed E-state index contributed by atoms with van der Waals surface area (Å²) in [7, 11) is 0. The number of hydrogen-bond donors (Lipinski definition) is 1. The third-order valence-corrected chi connectivity index (χ3v) is 3.02. The number of rotatable bonds is 2. The highest BCUT2D eigenvalue weighted by molar-refractivity contribution is 7.09. The van der Waals surface area contributed by atoms with Gasteiger partial charge >= 0.3 is 6.03 Å². The summed E-state index contributed by atoms with van der Waals surface area (Å²) >= 11 is 1.38. The van der Waals surface area contributed by atoms with Gasteiger partial charge in [-0.3, -0.25) is 19.8 Å². The van der Waals surface area contributed by atoms with Gasteiger partial charge in [0.05, 0.1) is 6.54 Å². The Kier molecular flexibility index (Phi) is 2.69. The Morgan fingerprint density at radius 2 is 2.25 bits per heavy atom. The van der Waals surface area contributed by atoms with Crippen molar-refractivity contribution in [3.63, 3.8) is 0 Å². The van der Waals surface area contributed by atoms with Gasteiger partial charge in [-0.1, -0.05) is 0 Å². The lowest BCUT2D eigenvalue weighted by Crippen LogP contribution is -2.52. The molecule has 1 N–H and O–H groups in total. The number of barbiturate groups is 1. The second-order valence-corrected chi connectivity index (χ2v) is 4.34. The van der Waals surface area contributed by atoms with Gasteiger partial charge in [0.1, 0.15) is 11.4 Å². The van der Waals surface area contributed by atoms with Crippen LogP contribution in [0.15, 0.2) is 5.38 Å². The van der Waals surface area contributed by atoms with Gasteiger partial charge in [0.15, 0.2) is 0 Å². The molecule has 0 saturated carbocycles. The lowest BCUT2D eigenvalue weighted by atomic mass is 10.3. The number of amides is 4. The van der Waals surface area contributed by atoms with Gasteiger partial charge in [0.2, 0.25) is 11.8 Å². The molecule has 1 fully saturated rings. The fourth-order valence-electron chi connectivity index (χ4n) is 1.35. The summed E-state index contributed by atoms with van der Waals surface area (Å²) in [6.07, 6.45) is -0.282. The van der Waals surface area contributed by atoms with Crippen molar-refractivity contribution in [1.29, 1.82) is 0 Å². The highest BCUT2D eigenvalue weighted by Gasteiger charge is 2.31. The molecule has 0 aromatic carbocycles. The number of imide groups is 2. The minimum absolute atomic E-state index is 0.121. The maximum atomic E-state index is 11.4. The van der Waals surface area contributed by atoms with E-state index in [0.29, 0.717) is 5.01 Å². The van der Waals surface area contributed by atoms with Gasteiger partial charge < -0.3 is 0 Å². The lowest BCUT2D eigenvalue weighted by Gasteiger charge is -2.23. The normalized spacial score (nSPS) is 16.6. The van der Waals surface area contributed by atoms with Crippen molar-refractivity contribution in [2.75, 3.05) is 0 Å². The number of thiazole rings is 1. The summed E-state index contributed by atoms with van der Waals surface area (Å²) in [5, 5.41) is 4.61. The molecular weight excluding hydrogens is 230 g/mol. The van der Waals surface area contributed by atoms with Crippen molar-refractivity contribution >= 4 is 29.2 Å². The zero-order valence-electron chi connectivity index (χ0n) is 8.52. The van der Waals surface area contributed by atoms with E-state index in [1.54, 1.807) is 0 Å². The van der Waals surface area contributed by atoms with E-state index >= 15 is 0 Å². The molecule has 84 valence electrons. The number of aryl methyl sites for hydroxylation is 1. The van der Waals surface area contributed by atoms with E-state index in [1.807, 2.05) is 12.3 Å². The van der Waals surface area contributed by atoms with E-state index in [0.717, 1.165) is 10.6 Å². The van der Waals surface area contributed by atoms with E-state index in [-0.39, 0.29) is 13.0 Å². The number of nitrogens with zero attached hydrogens (tertiary/aromatic N) is 2. The first-order valence-corrected chi connectivity index (χ1v) is 5.49. The van der Waals surface area contributed by atoms with Crippen molar-refractivity contribution in [2.24, 2.45) is 0 Å². The zero-order chi connectivity index (χ0) is 11.7. The largest absolute Gasteiger partial charge is 0.331 e. The molecule has 0 bridgehead atoms. The number of carbonyl (C=O) groups is 3. The molecule has 2 heterocycles. The molecule has 6 nitrogen and oxygen atoms in total. The molecule has 1 aliphatic heterocycles. The average molecular weight is 239 g/mol. The molecular formula is C9H9N3O3S. The topological polar surface area (TPSA) is 79.4 Å². The first-order valence-electron chi connectivity index (χ1n) is 4.61. The molecule has 16 heavy (non-hydrogen) atoms. The van der Waals surface area contributed by atoms with E-state index in [9.17, 15) is 14.4 Å². The van der Waals surface area contributed by atoms with Gasteiger partial charge in [0, 0.05) is 11.1 Å². The van der Waals surface area contributed by atoms with Crippen LogP contribution < -0.4 is 5.32 Å². The average Bonchev–Trinajstić information content (AvgIpc) is 2.58. The Bertz CT molecular complexity index is 448. The molecule has 1 aliphatic rings. The fraction of sp³-hybridized carbons (Fsp3) is 0.333. The van der Waals surface area contributed by atoms with Crippen LogP contribution >= 0.6 is 11.3 Å². The second kappa shape index (κ2) is 4.01. The zero-order valence-corrected chi connectivity index (χ0v) is 9.34. The lowest BCUT2D eigenvalue weighted by molar-refractivity contribution is -0.136. The SMILES string of the molecule is Cc1csc(CN2C(=O)CC(=O)NC2=O)n1. The van der Waals surface area contributed by atoms with Crippen LogP contribution in [0.5, 0.6) is 0 Å². The number of hydrogen-bond acceptors (Lipinski definition) is 5. The Morgan fingerprint density at radius 3 is 2.81 bits per heavy atom. The van der Waals surface area contributed by atoms with Crippen molar-refractivity contribution in [3.8, 4) is 0 Å². The van der Waals surface area contributed by atoms with Crippen LogP contribution in [0.4, 0.5) is 4.79 Å². The van der Waals surface area contributed by atoms with Gasteiger partial charge in [-0.15, -0.1) is 11.3 Å². The Balaban J connectivity index is 2.12. The first kappa shape index (κ1) is 10.7. The Hall–Kier alpha value is -1.76. The summed E-state index contributed by atoms with van der Waals surface area (Å²) < 4.78 is 0. The minimum atomic E-state index is -0.672. The van der Waals surface area contributed by atoms with E-state index in [4.69, 9.17) is 0 Å². The molecule has 7 heteroatoms. The predicted molar refractivity (Wildman–Crippen MR) is 55.6 cm³/mol. The van der Waals surface area contributed by atoms with Crippen LogP contribution in [-0.4, -0.2) is 27.7 Å². The number of aromatic nitrogens is 1.